The average Bonchev–Trinajstić information content (AvgIpc) is 2.70. The van der Waals surface area contributed by atoms with Crippen LogP contribution in [0.1, 0.15) is 16.8 Å². The number of ether oxygens (including phenoxy) is 1. The fraction of sp³-hybridized carbons (Fsp3) is 0.308. The third-order valence-corrected chi connectivity index (χ3v) is 3.60. The maximum atomic E-state index is 5.15. The fourth-order valence-electron chi connectivity index (χ4n) is 1.68. The van der Waals surface area contributed by atoms with E-state index in [0.717, 1.165) is 22.9 Å². The van der Waals surface area contributed by atoms with Gasteiger partial charge in [-0.1, -0.05) is 6.92 Å². The van der Waals surface area contributed by atoms with Gasteiger partial charge in [0.1, 0.15) is 5.75 Å². The molecule has 0 aliphatic carbocycles. The van der Waals surface area contributed by atoms with Gasteiger partial charge in [-0.2, -0.15) is 0 Å². The summed E-state index contributed by atoms with van der Waals surface area (Å²) in [6.45, 7) is 4.22. The molecule has 0 spiro atoms. The highest BCUT2D eigenvalue weighted by Crippen LogP contribution is 2.29. The van der Waals surface area contributed by atoms with Gasteiger partial charge in [-0.3, -0.25) is 0 Å². The summed E-state index contributed by atoms with van der Waals surface area (Å²) < 4.78 is 5.15. The van der Waals surface area contributed by atoms with Crippen molar-refractivity contribution in [2.45, 2.75) is 20.3 Å². The molecule has 0 radical (unpaired) electrons. The van der Waals surface area contributed by atoms with Crippen LogP contribution in [-0.4, -0.2) is 12.1 Å². The molecule has 0 saturated carbocycles. The van der Waals surface area contributed by atoms with Gasteiger partial charge < -0.3 is 4.74 Å². The predicted molar refractivity (Wildman–Crippen MR) is 68.2 cm³/mol. The Morgan fingerprint density at radius 3 is 2.50 bits per heavy atom. The highest BCUT2D eigenvalue weighted by Gasteiger charge is 2.09. The quantitative estimate of drug-likeness (QED) is 0.806. The molecule has 2 nitrogen and oxygen atoms in total. The normalized spacial score (nSPS) is 10.4. The molecule has 0 aliphatic heterocycles. The summed E-state index contributed by atoms with van der Waals surface area (Å²) in [5.74, 6) is 0.883. The molecule has 0 unspecified atom stereocenters. The van der Waals surface area contributed by atoms with Crippen LogP contribution in [0.4, 0.5) is 0 Å². The monoisotopic (exact) mass is 233 g/mol. The van der Waals surface area contributed by atoms with Crippen molar-refractivity contribution in [3.63, 3.8) is 0 Å². The average molecular weight is 233 g/mol. The van der Waals surface area contributed by atoms with Gasteiger partial charge in [-0.25, -0.2) is 4.98 Å². The summed E-state index contributed by atoms with van der Waals surface area (Å²) in [5.41, 5.74) is 2.29. The Morgan fingerprint density at radius 1 is 1.25 bits per heavy atom. The number of thiazole rings is 1. The second-order valence-electron chi connectivity index (χ2n) is 3.59. The van der Waals surface area contributed by atoms with Crippen molar-refractivity contribution in [2.75, 3.05) is 7.11 Å². The number of nitrogens with zero attached hydrogens (tertiary/aromatic N) is 1. The van der Waals surface area contributed by atoms with E-state index in [1.165, 1.54) is 10.4 Å². The van der Waals surface area contributed by atoms with Gasteiger partial charge in [-0.05, 0) is 37.6 Å². The zero-order chi connectivity index (χ0) is 11.5. The number of benzene rings is 1. The molecule has 3 heteroatoms. The first-order valence-corrected chi connectivity index (χ1v) is 6.17. The van der Waals surface area contributed by atoms with Crippen molar-refractivity contribution in [3.8, 4) is 17.0 Å². The van der Waals surface area contributed by atoms with Crippen molar-refractivity contribution in [1.82, 2.24) is 4.98 Å². The summed E-state index contributed by atoms with van der Waals surface area (Å²) >= 11 is 1.78. The molecule has 0 amide bonds. The van der Waals surface area contributed by atoms with Crippen LogP contribution >= 0.6 is 11.3 Å². The number of aryl methyl sites for hydroxylation is 2. The van der Waals surface area contributed by atoms with E-state index in [9.17, 15) is 0 Å². The summed E-state index contributed by atoms with van der Waals surface area (Å²) in [5, 5.41) is 1.13. The van der Waals surface area contributed by atoms with Crippen molar-refractivity contribution in [2.24, 2.45) is 0 Å². The Morgan fingerprint density at radius 2 is 1.94 bits per heavy atom. The zero-order valence-corrected chi connectivity index (χ0v) is 10.6. The lowest BCUT2D eigenvalue weighted by atomic mass is 10.1. The summed E-state index contributed by atoms with van der Waals surface area (Å²) in [6, 6.07) is 8.08. The second-order valence-corrected chi connectivity index (χ2v) is 4.87. The highest BCUT2D eigenvalue weighted by atomic mass is 32.1. The lowest BCUT2D eigenvalue weighted by molar-refractivity contribution is 0.415. The van der Waals surface area contributed by atoms with E-state index in [1.807, 2.05) is 12.1 Å². The molecule has 0 atom stereocenters. The molecular formula is C13H15NOS. The van der Waals surface area contributed by atoms with Gasteiger partial charge in [0.25, 0.3) is 0 Å². The molecule has 1 aromatic carbocycles. The largest absolute Gasteiger partial charge is 0.497 e. The lowest BCUT2D eigenvalue weighted by Crippen LogP contribution is -1.85. The van der Waals surface area contributed by atoms with Crippen LogP contribution in [-0.2, 0) is 6.42 Å². The maximum Gasteiger partial charge on any atom is 0.118 e. The minimum Gasteiger partial charge on any atom is -0.497 e. The molecule has 2 aromatic rings. The number of rotatable bonds is 3. The summed E-state index contributed by atoms with van der Waals surface area (Å²) in [6.07, 6.45) is 1.03. The first kappa shape index (κ1) is 11.1. The second kappa shape index (κ2) is 4.66. The Bertz CT molecular complexity index is 473. The van der Waals surface area contributed by atoms with Crippen molar-refractivity contribution in [1.29, 1.82) is 0 Å². The molecule has 0 N–H and O–H groups in total. The van der Waals surface area contributed by atoms with Gasteiger partial charge in [0.05, 0.1) is 17.8 Å². The zero-order valence-electron chi connectivity index (χ0n) is 9.78. The molecule has 0 aliphatic rings. The lowest BCUT2D eigenvalue weighted by Gasteiger charge is -2.02. The molecule has 0 saturated heterocycles. The van der Waals surface area contributed by atoms with Crippen molar-refractivity contribution in [3.05, 3.63) is 34.2 Å². The van der Waals surface area contributed by atoms with Crippen LogP contribution in [0.5, 0.6) is 5.75 Å². The van der Waals surface area contributed by atoms with Gasteiger partial charge in [0.2, 0.25) is 0 Å². The van der Waals surface area contributed by atoms with E-state index in [2.05, 4.69) is 31.0 Å². The van der Waals surface area contributed by atoms with E-state index < -0.39 is 0 Å². The Balaban J connectivity index is 2.41. The molecule has 16 heavy (non-hydrogen) atoms. The van der Waals surface area contributed by atoms with Gasteiger partial charge in [-0.15, -0.1) is 11.3 Å². The van der Waals surface area contributed by atoms with Crippen LogP contribution in [0.25, 0.3) is 11.3 Å². The molecule has 0 fully saturated rings. The Labute approximate surface area is 99.9 Å². The van der Waals surface area contributed by atoms with Crippen LogP contribution in [0.3, 0.4) is 0 Å². The van der Waals surface area contributed by atoms with Crippen molar-refractivity contribution >= 4 is 11.3 Å². The predicted octanol–water partition coefficient (Wildman–Crippen LogP) is 3.69. The molecule has 84 valence electrons. The van der Waals surface area contributed by atoms with Crippen LogP contribution in [0.15, 0.2) is 24.3 Å². The van der Waals surface area contributed by atoms with Crippen molar-refractivity contribution < 1.29 is 4.74 Å². The Hall–Kier alpha value is -1.35. The number of methoxy groups -OCH3 is 1. The summed E-state index contributed by atoms with van der Waals surface area (Å²) in [7, 11) is 1.68. The third kappa shape index (κ3) is 2.09. The summed E-state index contributed by atoms with van der Waals surface area (Å²) in [4.78, 5) is 5.93. The number of hydrogen-bond donors (Lipinski definition) is 0. The minimum absolute atomic E-state index is 0.883. The minimum atomic E-state index is 0.883. The van der Waals surface area contributed by atoms with Gasteiger partial charge in [0, 0.05) is 10.4 Å². The van der Waals surface area contributed by atoms with Gasteiger partial charge in [0.15, 0.2) is 0 Å². The topological polar surface area (TPSA) is 22.1 Å². The third-order valence-electron chi connectivity index (χ3n) is 2.49. The fourth-order valence-corrected chi connectivity index (χ4v) is 2.58. The molecule has 1 heterocycles. The molecule has 1 aromatic heterocycles. The van der Waals surface area contributed by atoms with E-state index in [1.54, 1.807) is 18.4 Å². The molecule has 2 rings (SSSR count). The number of aromatic nitrogens is 1. The van der Waals surface area contributed by atoms with E-state index in [4.69, 9.17) is 4.74 Å². The van der Waals surface area contributed by atoms with Crippen LogP contribution in [0, 0.1) is 6.92 Å². The van der Waals surface area contributed by atoms with E-state index in [0.29, 0.717) is 0 Å². The molecular weight excluding hydrogens is 218 g/mol. The first-order valence-electron chi connectivity index (χ1n) is 5.35. The first-order chi connectivity index (χ1) is 7.74. The van der Waals surface area contributed by atoms with Crippen LogP contribution < -0.4 is 4.74 Å². The van der Waals surface area contributed by atoms with E-state index in [-0.39, 0.29) is 0 Å². The van der Waals surface area contributed by atoms with Gasteiger partial charge >= 0.3 is 0 Å². The smallest absolute Gasteiger partial charge is 0.118 e. The van der Waals surface area contributed by atoms with Crippen LogP contribution in [0.2, 0.25) is 0 Å². The van der Waals surface area contributed by atoms with E-state index >= 15 is 0 Å². The SMILES string of the molecule is CCc1sc(C)nc1-c1ccc(OC)cc1. The number of hydrogen-bond acceptors (Lipinski definition) is 3. The Kier molecular flexibility index (Phi) is 3.25. The maximum absolute atomic E-state index is 5.15. The standard InChI is InChI=1S/C13H15NOS/c1-4-12-13(14-9(2)16-12)10-5-7-11(15-3)8-6-10/h5-8H,4H2,1-3H3. The highest BCUT2D eigenvalue weighted by molar-refractivity contribution is 7.12. The molecule has 0 bridgehead atoms.